The van der Waals surface area contributed by atoms with E-state index in [4.69, 9.17) is 5.26 Å². The summed E-state index contributed by atoms with van der Waals surface area (Å²) in [6.07, 6.45) is 3.06. The molecule has 0 fully saturated rings. The molecule has 0 amide bonds. The van der Waals surface area contributed by atoms with Crippen LogP contribution in [0.4, 0.5) is 5.69 Å². The molecule has 0 saturated carbocycles. The van der Waals surface area contributed by atoms with Crippen LogP contribution in [0.5, 0.6) is 0 Å². The van der Waals surface area contributed by atoms with Gasteiger partial charge in [0.1, 0.15) is 0 Å². The van der Waals surface area contributed by atoms with Gasteiger partial charge in [0.25, 0.3) is 0 Å². The van der Waals surface area contributed by atoms with Crippen molar-refractivity contribution in [3.05, 3.63) is 59.9 Å². The molecule has 0 aliphatic heterocycles. The van der Waals surface area contributed by atoms with Crippen LogP contribution in [0.25, 0.3) is 0 Å². The molecule has 0 N–H and O–H groups in total. The Labute approximate surface area is 118 Å². The zero-order chi connectivity index (χ0) is 14.6. The van der Waals surface area contributed by atoms with E-state index in [9.17, 15) is 8.42 Å². The molecular weight excluding hydrogens is 274 g/mol. The molecule has 6 heteroatoms. The number of sulfonamides is 1. The van der Waals surface area contributed by atoms with Crippen molar-refractivity contribution in [3.8, 4) is 6.07 Å². The molecule has 20 heavy (non-hydrogen) atoms. The number of hydrogen-bond donors (Lipinski definition) is 0. The van der Waals surface area contributed by atoms with Crippen molar-refractivity contribution in [1.82, 2.24) is 4.98 Å². The summed E-state index contributed by atoms with van der Waals surface area (Å²) in [6.45, 7) is 0. The summed E-state index contributed by atoms with van der Waals surface area (Å²) in [5, 5.41) is 9.00. The van der Waals surface area contributed by atoms with Crippen molar-refractivity contribution in [2.75, 3.05) is 11.4 Å². The summed E-state index contributed by atoms with van der Waals surface area (Å²) in [5.74, 6) is -0.213. The van der Waals surface area contributed by atoms with Crippen LogP contribution < -0.4 is 4.31 Å². The maximum Gasteiger partial charge on any atom is 0.239 e. The first-order chi connectivity index (χ1) is 9.54. The average molecular weight is 287 g/mol. The number of pyridine rings is 1. The molecule has 2 aromatic rings. The molecule has 5 nitrogen and oxygen atoms in total. The van der Waals surface area contributed by atoms with E-state index in [1.807, 2.05) is 6.07 Å². The van der Waals surface area contributed by atoms with Crippen molar-refractivity contribution >= 4 is 15.7 Å². The van der Waals surface area contributed by atoms with E-state index in [-0.39, 0.29) is 5.75 Å². The highest BCUT2D eigenvalue weighted by atomic mass is 32.2. The second-order valence-corrected chi connectivity index (χ2v) is 6.20. The van der Waals surface area contributed by atoms with Gasteiger partial charge in [0.05, 0.1) is 23.1 Å². The van der Waals surface area contributed by atoms with E-state index in [0.717, 1.165) is 0 Å². The minimum atomic E-state index is -3.54. The van der Waals surface area contributed by atoms with Crippen LogP contribution in [0.1, 0.15) is 11.1 Å². The minimum Gasteiger partial charge on any atom is -0.273 e. The molecule has 1 aromatic heterocycles. The van der Waals surface area contributed by atoms with Gasteiger partial charge in [0.15, 0.2) is 0 Å². The highest BCUT2D eigenvalue weighted by Gasteiger charge is 2.20. The number of nitrogens with zero attached hydrogens (tertiary/aromatic N) is 3. The van der Waals surface area contributed by atoms with Crippen LogP contribution in [-0.4, -0.2) is 20.4 Å². The molecule has 0 unspecified atom stereocenters. The standard InChI is InChI=1S/C14H13N3O2S/c1-17(14-6-8-16-9-7-14)20(18,19)11-13-5-3-2-4-12(13)10-15/h2-9H,11H2,1H3. The Bertz CT molecular complexity index is 737. The quantitative estimate of drug-likeness (QED) is 0.861. The first-order valence-corrected chi connectivity index (χ1v) is 7.50. The Hall–Kier alpha value is -2.39. The molecule has 0 saturated heterocycles. The third kappa shape index (κ3) is 2.95. The first kappa shape index (κ1) is 14.0. The maximum absolute atomic E-state index is 12.4. The predicted molar refractivity (Wildman–Crippen MR) is 76.4 cm³/mol. The fourth-order valence-electron chi connectivity index (χ4n) is 1.76. The van der Waals surface area contributed by atoms with Crippen LogP contribution in [0.2, 0.25) is 0 Å². The topological polar surface area (TPSA) is 74.1 Å². The van der Waals surface area contributed by atoms with Crippen molar-refractivity contribution in [1.29, 1.82) is 5.26 Å². The number of benzene rings is 1. The molecule has 102 valence electrons. The van der Waals surface area contributed by atoms with Crippen LogP contribution in [0, 0.1) is 11.3 Å². The van der Waals surface area contributed by atoms with E-state index in [1.165, 1.54) is 23.7 Å². The molecule has 0 aliphatic rings. The van der Waals surface area contributed by atoms with E-state index in [1.54, 1.807) is 36.4 Å². The fourth-order valence-corrected chi connectivity index (χ4v) is 3.04. The lowest BCUT2D eigenvalue weighted by molar-refractivity contribution is 0.593. The van der Waals surface area contributed by atoms with Gasteiger partial charge in [0, 0.05) is 19.4 Å². The van der Waals surface area contributed by atoms with Crippen molar-refractivity contribution < 1.29 is 8.42 Å². The molecule has 0 radical (unpaired) electrons. The maximum atomic E-state index is 12.4. The molecular formula is C14H13N3O2S. The molecule has 0 atom stereocenters. The third-order valence-electron chi connectivity index (χ3n) is 2.92. The minimum absolute atomic E-state index is 0.213. The number of anilines is 1. The van der Waals surface area contributed by atoms with E-state index in [2.05, 4.69) is 4.98 Å². The predicted octanol–water partition coefficient (Wildman–Crippen LogP) is 1.92. The van der Waals surface area contributed by atoms with E-state index < -0.39 is 10.0 Å². The smallest absolute Gasteiger partial charge is 0.239 e. The van der Waals surface area contributed by atoms with Crippen LogP contribution in [-0.2, 0) is 15.8 Å². The Kier molecular flexibility index (Phi) is 4.01. The van der Waals surface area contributed by atoms with Gasteiger partial charge in [-0.25, -0.2) is 8.42 Å². The average Bonchev–Trinajstić information content (AvgIpc) is 2.47. The Morgan fingerprint density at radius 2 is 1.85 bits per heavy atom. The van der Waals surface area contributed by atoms with Gasteiger partial charge >= 0.3 is 0 Å². The summed E-state index contributed by atoms with van der Waals surface area (Å²) in [4.78, 5) is 3.86. The van der Waals surface area contributed by atoms with E-state index in [0.29, 0.717) is 16.8 Å². The number of rotatable bonds is 4. The van der Waals surface area contributed by atoms with Crippen molar-refractivity contribution in [3.63, 3.8) is 0 Å². The highest BCUT2D eigenvalue weighted by Crippen LogP contribution is 2.19. The van der Waals surface area contributed by atoms with Gasteiger partial charge in [-0.15, -0.1) is 0 Å². The fraction of sp³-hybridized carbons (Fsp3) is 0.143. The summed E-state index contributed by atoms with van der Waals surface area (Å²) in [5.41, 5.74) is 1.41. The van der Waals surface area contributed by atoms with Crippen molar-refractivity contribution in [2.45, 2.75) is 5.75 Å². The molecule has 1 heterocycles. The molecule has 0 aliphatic carbocycles. The highest BCUT2D eigenvalue weighted by molar-refractivity contribution is 7.92. The number of aromatic nitrogens is 1. The Balaban J connectivity index is 2.31. The van der Waals surface area contributed by atoms with Crippen LogP contribution >= 0.6 is 0 Å². The Morgan fingerprint density at radius 1 is 1.20 bits per heavy atom. The molecule has 0 spiro atoms. The van der Waals surface area contributed by atoms with Gasteiger partial charge in [-0.05, 0) is 23.8 Å². The SMILES string of the molecule is CN(c1ccncc1)S(=O)(=O)Cc1ccccc1C#N. The van der Waals surface area contributed by atoms with Gasteiger partial charge < -0.3 is 0 Å². The number of nitriles is 1. The lowest BCUT2D eigenvalue weighted by atomic mass is 10.1. The summed E-state index contributed by atoms with van der Waals surface area (Å²) in [7, 11) is -2.06. The summed E-state index contributed by atoms with van der Waals surface area (Å²) in [6, 6.07) is 11.9. The summed E-state index contributed by atoms with van der Waals surface area (Å²) < 4.78 is 25.9. The first-order valence-electron chi connectivity index (χ1n) is 5.89. The summed E-state index contributed by atoms with van der Waals surface area (Å²) >= 11 is 0. The lowest BCUT2D eigenvalue weighted by Crippen LogP contribution is -2.28. The zero-order valence-corrected chi connectivity index (χ0v) is 11.7. The zero-order valence-electron chi connectivity index (χ0n) is 10.9. The van der Waals surface area contributed by atoms with Gasteiger partial charge in [-0.2, -0.15) is 5.26 Å². The largest absolute Gasteiger partial charge is 0.273 e. The van der Waals surface area contributed by atoms with Crippen LogP contribution in [0.3, 0.4) is 0 Å². The third-order valence-corrected chi connectivity index (χ3v) is 4.64. The van der Waals surface area contributed by atoms with Crippen molar-refractivity contribution in [2.24, 2.45) is 0 Å². The molecule has 0 bridgehead atoms. The molecule has 1 aromatic carbocycles. The normalized spacial score (nSPS) is 10.8. The van der Waals surface area contributed by atoms with E-state index >= 15 is 0 Å². The van der Waals surface area contributed by atoms with Crippen LogP contribution in [0.15, 0.2) is 48.8 Å². The Morgan fingerprint density at radius 3 is 2.50 bits per heavy atom. The second-order valence-electron chi connectivity index (χ2n) is 4.20. The van der Waals surface area contributed by atoms with Gasteiger partial charge in [-0.1, -0.05) is 18.2 Å². The van der Waals surface area contributed by atoms with Gasteiger partial charge in [-0.3, -0.25) is 9.29 Å². The molecule has 2 rings (SSSR count). The van der Waals surface area contributed by atoms with Gasteiger partial charge in [0.2, 0.25) is 10.0 Å². The lowest BCUT2D eigenvalue weighted by Gasteiger charge is -2.19. The second kappa shape index (κ2) is 5.72. The monoisotopic (exact) mass is 287 g/mol. The number of hydrogen-bond acceptors (Lipinski definition) is 4.